The Labute approximate surface area is 191 Å². The van der Waals surface area contributed by atoms with E-state index in [1.807, 2.05) is 30.3 Å². The van der Waals surface area contributed by atoms with E-state index in [4.69, 9.17) is 11.6 Å². The Bertz CT molecular complexity index is 1110. The number of anilines is 1. The number of nitrogens with one attached hydrogen (secondary N) is 1. The van der Waals surface area contributed by atoms with E-state index in [0.717, 1.165) is 12.0 Å². The van der Waals surface area contributed by atoms with Gasteiger partial charge < -0.3 is 5.32 Å². The third kappa shape index (κ3) is 2.95. The van der Waals surface area contributed by atoms with Crippen LogP contribution in [0.2, 0.25) is 5.02 Å². The highest BCUT2D eigenvalue weighted by Crippen LogP contribution is 2.65. The third-order valence-corrected chi connectivity index (χ3v) is 8.04. The molecule has 2 saturated carbocycles. The minimum Gasteiger partial charge on any atom is -0.323 e. The summed E-state index contributed by atoms with van der Waals surface area (Å²) in [6.07, 6.45) is 5.66. The highest BCUT2D eigenvalue weighted by molar-refractivity contribution is 6.33. The lowest BCUT2D eigenvalue weighted by Gasteiger charge is -2.37. The number of carbonyl (C=O) groups excluding carboxylic acids is 3. The number of carbonyl (C=O) groups is 3. The first-order valence-corrected chi connectivity index (χ1v) is 11.6. The number of imide groups is 1. The molecule has 2 aromatic rings. The Morgan fingerprint density at radius 1 is 0.938 bits per heavy atom. The summed E-state index contributed by atoms with van der Waals surface area (Å²) < 4.78 is 0. The number of allylic oxidation sites excluding steroid dienone is 2. The van der Waals surface area contributed by atoms with Crippen molar-refractivity contribution in [3.05, 3.63) is 77.3 Å². The quantitative estimate of drug-likeness (QED) is 0.558. The van der Waals surface area contributed by atoms with Gasteiger partial charge in [-0.3, -0.25) is 19.3 Å². The van der Waals surface area contributed by atoms with Gasteiger partial charge in [0.25, 0.3) is 0 Å². The van der Waals surface area contributed by atoms with Crippen LogP contribution in [0.5, 0.6) is 0 Å². The second kappa shape index (κ2) is 7.31. The van der Waals surface area contributed by atoms with Crippen LogP contribution >= 0.6 is 11.6 Å². The topological polar surface area (TPSA) is 66.5 Å². The number of halogens is 1. The summed E-state index contributed by atoms with van der Waals surface area (Å²) in [7, 11) is 0. The molecule has 4 aliphatic carbocycles. The standard InChI is InChI=1S/C26H23ClN2O3/c27-19-8-4-5-9-20(19)28-24(30)21(12-14-6-2-1-3-7-14)29-25(31)22-15-10-11-16(18-13-17(15)18)23(22)26(29)32/h1-11,15-18,21-23H,12-13H2,(H,28,30)/t15-,16-,17-,18-,21-,22+,23+/m0/s1. The number of amides is 3. The SMILES string of the molecule is O=C(Nc1ccccc1Cl)[C@H](Cc1ccccc1)N1C(=O)[C@@H]2[C@H]3C=C[C@@H]([C@@H]4C[C@@H]34)[C@H]2C1=O. The third-order valence-electron chi connectivity index (χ3n) is 7.71. The van der Waals surface area contributed by atoms with Crippen molar-refractivity contribution in [1.29, 1.82) is 0 Å². The molecule has 1 saturated heterocycles. The molecule has 1 aliphatic heterocycles. The molecule has 3 amide bonds. The Morgan fingerprint density at radius 2 is 1.53 bits per heavy atom. The Balaban J connectivity index is 1.34. The van der Waals surface area contributed by atoms with Gasteiger partial charge in [-0.25, -0.2) is 0 Å². The molecule has 7 rings (SSSR count). The van der Waals surface area contributed by atoms with Crippen molar-refractivity contribution in [2.75, 3.05) is 5.32 Å². The number of likely N-dealkylation sites (tertiary alicyclic amines) is 1. The van der Waals surface area contributed by atoms with E-state index in [-0.39, 0.29) is 41.9 Å². The zero-order valence-electron chi connectivity index (χ0n) is 17.4. The predicted molar refractivity (Wildman–Crippen MR) is 121 cm³/mol. The molecule has 5 aliphatic rings. The minimum absolute atomic E-state index is 0.125. The average molecular weight is 447 g/mol. The van der Waals surface area contributed by atoms with E-state index >= 15 is 0 Å². The molecule has 0 spiro atoms. The van der Waals surface area contributed by atoms with Gasteiger partial charge in [-0.1, -0.05) is 66.2 Å². The van der Waals surface area contributed by atoms with Crippen LogP contribution in [0.3, 0.4) is 0 Å². The molecular formula is C26H23ClN2O3. The molecule has 6 heteroatoms. The second-order valence-corrected chi connectivity index (χ2v) is 9.78. The molecule has 1 heterocycles. The minimum atomic E-state index is -0.921. The van der Waals surface area contributed by atoms with Gasteiger partial charge in [0, 0.05) is 6.42 Å². The largest absolute Gasteiger partial charge is 0.323 e. The number of nitrogens with zero attached hydrogens (tertiary/aromatic N) is 1. The van der Waals surface area contributed by atoms with Gasteiger partial charge in [0.05, 0.1) is 22.5 Å². The lowest BCUT2D eigenvalue weighted by Crippen LogP contribution is -2.49. The van der Waals surface area contributed by atoms with Gasteiger partial charge in [-0.05, 0) is 47.8 Å². The maximum Gasteiger partial charge on any atom is 0.248 e. The van der Waals surface area contributed by atoms with Gasteiger partial charge in [-0.2, -0.15) is 0 Å². The fourth-order valence-corrected chi connectivity index (χ4v) is 6.39. The number of para-hydroxylation sites is 1. The fraction of sp³-hybridized carbons (Fsp3) is 0.346. The van der Waals surface area contributed by atoms with Crippen LogP contribution in [0.1, 0.15) is 12.0 Å². The highest BCUT2D eigenvalue weighted by Gasteiger charge is 2.67. The van der Waals surface area contributed by atoms with Crippen LogP contribution in [-0.4, -0.2) is 28.7 Å². The lowest BCUT2D eigenvalue weighted by molar-refractivity contribution is -0.146. The molecule has 5 nitrogen and oxygen atoms in total. The number of benzene rings is 2. The molecule has 0 unspecified atom stereocenters. The smallest absolute Gasteiger partial charge is 0.248 e. The van der Waals surface area contributed by atoms with Crippen molar-refractivity contribution in [1.82, 2.24) is 4.90 Å². The molecule has 2 bridgehead atoms. The predicted octanol–water partition coefficient (Wildman–Crippen LogP) is 3.94. The molecule has 0 aromatic heterocycles. The first-order chi connectivity index (χ1) is 15.5. The summed E-state index contributed by atoms with van der Waals surface area (Å²) in [6.45, 7) is 0. The Hall–Kier alpha value is -2.92. The van der Waals surface area contributed by atoms with E-state index in [1.165, 1.54) is 4.90 Å². The zero-order valence-corrected chi connectivity index (χ0v) is 18.1. The Kier molecular flexibility index (Phi) is 4.51. The summed E-state index contributed by atoms with van der Waals surface area (Å²) >= 11 is 6.25. The second-order valence-electron chi connectivity index (χ2n) is 9.38. The van der Waals surface area contributed by atoms with Crippen LogP contribution < -0.4 is 5.32 Å². The van der Waals surface area contributed by atoms with Crippen LogP contribution in [0.15, 0.2) is 66.7 Å². The van der Waals surface area contributed by atoms with E-state index < -0.39 is 11.9 Å². The van der Waals surface area contributed by atoms with Crippen LogP contribution in [0, 0.1) is 35.5 Å². The van der Waals surface area contributed by atoms with Gasteiger partial charge in [0.15, 0.2) is 0 Å². The van der Waals surface area contributed by atoms with Crippen LogP contribution in [0.25, 0.3) is 0 Å². The average Bonchev–Trinajstić information content (AvgIpc) is 3.58. The van der Waals surface area contributed by atoms with Crippen molar-refractivity contribution in [2.45, 2.75) is 18.9 Å². The molecule has 7 atom stereocenters. The van der Waals surface area contributed by atoms with Crippen molar-refractivity contribution in [2.24, 2.45) is 35.5 Å². The van der Waals surface area contributed by atoms with Crippen LogP contribution in [-0.2, 0) is 20.8 Å². The van der Waals surface area contributed by atoms with Gasteiger partial charge in [-0.15, -0.1) is 0 Å². The van der Waals surface area contributed by atoms with Crippen molar-refractivity contribution >= 4 is 35.0 Å². The number of rotatable bonds is 5. The summed E-state index contributed by atoms with van der Waals surface area (Å²) in [5.74, 6) is -0.145. The summed E-state index contributed by atoms with van der Waals surface area (Å²) in [5, 5.41) is 3.26. The van der Waals surface area contributed by atoms with Crippen LogP contribution in [0.4, 0.5) is 5.69 Å². The first-order valence-electron chi connectivity index (χ1n) is 11.2. The summed E-state index contributed by atoms with van der Waals surface area (Å²) in [4.78, 5) is 42.0. The van der Waals surface area contributed by atoms with Gasteiger partial charge in [0.1, 0.15) is 6.04 Å². The maximum atomic E-state index is 13.6. The highest BCUT2D eigenvalue weighted by atomic mass is 35.5. The van der Waals surface area contributed by atoms with Crippen molar-refractivity contribution in [3.8, 4) is 0 Å². The lowest BCUT2D eigenvalue weighted by atomic mass is 9.63. The number of hydrogen-bond acceptors (Lipinski definition) is 3. The zero-order chi connectivity index (χ0) is 22.0. The van der Waals surface area contributed by atoms with E-state index in [1.54, 1.807) is 24.3 Å². The molecule has 0 radical (unpaired) electrons. The maximum absolute atomic E-state index is 13.6. The number of hydrogen-bond donors (Lipinski definition) is 1. The summed E-state index contributed by atoms with van der Waals surface area (Å²) in [6, 6.07) is 15.6. The van der Waals surface area contributed by atoms with Crippen molar-refractivity contribution in [3.63, 3.8) is 0 Å². The van der Waals surface area contributed by atoms with Gasteiger partial charge >= 0.3 is 0 Å². The molecule has 162 valence electrons. The molecular weight excluding hydrogens is 424 g/mol. The molecule has 1 N–H and O–H groups in total. The molecule has 3 fully saturated rings. The molecule has 32 heavy (non-hydrogen) atoms. The fourth-order valence-electron chi connectivity index (χ4n) is 6.20. The normalized spacial score (nSPS) is 32.5. The summed E-state index contributed by atoms with van der Waals surface area (Å²) in [5.41, 5.74) is 1.36. The van der Waals surface area contributed by atoms with Crippen molar-refractivity contribution < 1.29 is 14.4 Å². The van der Waals surface area contributed by atoms with E-state index in [0.29, 0.717) is 22.5 Å². The monoisotopic (exact) mass is 446 g/mol. The first kappa shape index (κ1) is 19.7. The molecule has 2 aromatic carbocycles. The van der Waals surface area contributed by atoms with E-state index in [2.05, 4.69) is 17.5 Å². The van der Waals surface area contributed by atoms with Gasteiger partial charge in [0.2, 0.25) is 17.7 Å². The Morgan fingerprint density at radius 3 is 2.16 bits per heavy atom. The van der Waals surface area contributed by atoms with E-state index in [9.17, 15) is 14.4 Å².